The number of nitrogens with one attached hydrogen (secondary N) is 2. The number of carbonyl (C=O) groups is 5. The number of hydrogen-bond acceptors (Lipinski definition) is 6. The summed E-state index contributed by atoms with van der Waals surface area (Å²) in [5.41, 5.74) is 0.119. The molecule has 168 valence electrons. The Morgan fingerprint density at radius 1 is 1.16 bits per heavy atom. The van der Waals surface area contributed by atoms with Gasteiger partial charge in [-0.15, -0.1) is 12.3 Å². The van der Waals surface area contributed by atoms with E-state index in [0.29, 0.717) is 6.54 Å². The number of imide groups is 2. The Labute approximate surface area is 185 Å². The number of rotatable bonds is 10. The molecule has 1 atom stereocenters. The Morgan fingerprint density at radius 2 is 1.94 bits per heavy atom. The van der Waals surface area contributed by atoms with Gasteiger partial charge in [0.25, 0.3) is 17.7 Å². The van der Waals surface area contributed by atoms with Gasteiger partial charge in [-0.1, -0.05) is 18.9 Å². The van der Waals surface area contributed by atoms with Crippen LogP contribution in [0.3, 0.4) is 0 Å². The molecule has 0 saturated carbocycles. The molecule has 5 amide bonds. The van der Waals surface area contributed by atoms with Gasteiger partial charge >= 0.3 is 0 Å². The molecule has 32 heavy (non-hydrogen) atoms. The van der Waals surface area contributed by atoms with Gasteiger partial charge in [-0.2, -0.15) is 0 Å². The summed E-state index contributed by atoms with van der Waals surface area (Å²) in [6.45, 7) is 0.194. The van der Waals surface area contributed by atoms with Crippen molar-refractivity contribution in [2.45, 2.75) is 51.0 Å². The van der Waals surface area contributed by atoms with Crippen LogP contribution in [-0.4, -0.2) is 53.6 Å². The average molecular weight is 439 g/mol. The Kier molecular flexibility index (Phi) is 7.60. The molecule has 9 nitrogen and oxygen atoms in total. The van der Waals surface area contributed by atoms with Crippen LogP contribution < -0.4 is 15.4 Å². The van der Waals surface area contributed by atoms with Crippen molar-refractivity contribution in [2.24, 2.45) is 0 Å². The summed E-state index contributed by atoms with van der Waals surface area (Å²) in [7, 11) is 0. The van der Waals surface area contributed by atoms with Gasteiger partial charge in [-0.25, -0.2) is 0 Å². The van der Waals surface area contributed by atoms with E-state index >= 15 is 0 Å². The summed E-state index contributed by atoms with van der Waals surface area (Å²) in [5.74, 6) is -0.0818. The molecular formula is C23H25N3O6. The van der Waals surface area contributed by atoms with E-state index in [-0.39, 0.29) is 42.2 Å². The standard InChI is InChI=1S/C23H25N3O6/c1-2-3-4-5-6-7-13-24-19(28)14-32-17-10-8-9-15-20(17)23(31)26(22(15)30)16-11-12-18(27)25-21(16)29/h1,8-10,16H,3-7,11-14H2,(H,24,28)(H,25,27,29). The van der Waals surface area contributed by atoms with E-state index in [4.69, 9.17) is 11.2 Å². The summed E-state index contributed by atoms with van der Waals surface area (Å²) in [6.07, 6.45) is 9.82. The minimum atomic E-state index is -1.06. The fourth-order valence-corrected chi connectivity index (χ4v) is 3.73. The van der Waals surface area contributed by atoms with Gasteiger partial charge in [-0.3, -0.25) is 34.2 Å². The lowest BCUT2D eigenvalue weighted by molar-refractivity contribution is -0.136. The Morgan fingerprint density at radius 3 is 2.69 bits per heavy atom. The highest BCUT2D eigenvalue weighted by molar-refractivity contribution is 6.24. The van der Waals surface area contributed by atoms with E-state index in [1.54, 1.807) is 6.07 Å². The summed E-state index contributed by atoms with van der Waals surface area (Å²) >= 11 is 0. The van der Waals surface area contributed by atoms with Crippen LogP contribution in [0.5, 0.6) is 5.75 Å². The lowest BCUT2D eigenvalue weighted by atomic mass is 10.0. The van der Waals surface area contributed by atoms with Gasteiger partial charge in [0.1, 0.15) is 11.8 Å². The van der Waals surface area contributed by atoms with Gasteiger partial charge in [-0.05, 0) is 31.4 Å². The predicted molar refractivity (Wildman–Crippen MR) is 114 cm³/mol. The van der Waals surface area contributed by atoms with E-state index in [1.165, 1.54) is 12.1 Å². The highest BCUT2D eigenvalue weighted by atomic mass is 16.5. The smallest absolute Gasteiger partial charge is 0.266 e. The number of amides is 5. The SMILES string of the molecule is C#CCCCCCCNC(=O)COc1cccc2c1C(=O)N(C1CCC(=O)NC1=O)C2=O. The van der Waals surface area contributed by atoms with Crippen LogP contribution in [0.1, 0.15) is 65.7 Å². The molecular weight excluding hydrogens is 414 g/mol. The van der Waals surface area contributed by atoms with Crippen molar-refractivity contribution in [3.63, 3.8) is 0 Å². The van der Waals surface area contributed by atoms with Gasteiger partial charge in [0, 0.05) is 19.4 Å². The lowest BCUT2D eigenvalue weighted by Gasteiger charge is -2.27. The zero-order valence-corrected chi connectivity index (χ0v) is 17.6. The Hall–Kier alpha value is -3.67. The number of benzene rings is 1. The zero-order chi connectivity index (χ0) is 23.1. The molecule has 0 aromatic heterocycles. The summed E-state index contributed by atoms with van der Waals surface area (Å²) < 4.78 is 5.53. The summed E-state index contributed by atoms with van der Waals surface area (Å²) in [4.78, 5) is 62.2. The third-order valence-electron chi connectivity index (χ3n) is 5.36. The first kappa shape index (κ1) is 23.0. The maximum atomic E-state index is 13.0. The monoisotopic (exact) mass is 439 g/mol. The van der Waals surface area contributed by atoms with Crippen LogP contribution in [0.2, 0.25) is 0 Å². The number of nitrogens with zero attached hydrogens (tertiary/aromatic N) is 1. The molecule has 1 aromatic rings. The van der Waals surface area contributed by atoms with E-state index in [2.05, 4.69) is 16.6 Å². The topological polar surface area (TPSA) is 122 Å². The predicted octanol–water partition coefficient (Wildman–Crippen LogP) is 1.17. The molecule has 1 aromatic carbocycles. The van der Waals surface area contributed by atoms with Crippen LogP contribution >= 0.6 is 0 Å². The van der Waals surface area contributed by atoms with Crippen molar-refractivity contribution in [1.29, 1.82) is 0 Å². The van der Waals surface area contributed by atoms with Gasteiger partial charge in [0.2, 0.25) is 11.8 Å². The fraction of sp³-hybridized carbons (Fsp3) is 0.435. The van der Waals surface area contributed by atoms with Crippen molar-refractivity contribution in [3.05, 3.63) is 29.3 Å². The molecule has 2 N–H and O–H groups in total. The van der Waals surface area contributed by atoms with Crippen LogP contribution in [0.25, 0.3) is 0 Å². The first-order valence-electron chi connectivity index (χ1n) is 10.6. The third-order valence-corrected chi connectivity index (χ3v) is 5.36. The van der Waals surface area contributed by atoms with Crippen LogP contribution in [0.4, 0.5) is 0 Å². The first-order chi connectivity index (χ1) is 15.4. The number of ether oxygens (including phenoxy) is 1. The summed E-state index contributed by atoms with van der Waals surface area (Å²) in [5, 5.41) is 4.90. The van der Waals surface area contributed by atoms with E-state index in [1.807, 2.05) is 0 Å². The van der Waals surface area contributed by atoms with Crippen LogP contribution in [0, 0.1) is 12.3 Å². The zero-order valence-electron chi connectivity index (χ0n) is 17.6. The molecule has 2 heterocycles. The van der Waals surface area contributed by atoms with Gasteiger partial charge in [0.15, 0.2) is 6.61 Å². The number of hydrogen-bond donors (Lipinski definition) is 2. The number of carbonyl (C=O) groups excluding carboxylic acids is 5. The molecule has 0 radical (unpaired) electrons. The second-order valence-corrected chi connectivity index (χ2v) is 7.63. The number of unbranched alkanes of at least 4 members (excludes halogenated alkanes) is 4. The lowest BCUT2D eigenvalue weighted by Crippen LogP contribution is -2.54. The maximum absolute atomic E-state index is 13.0. The highest BCUT2D eigenvalue weighted by Gasteiger charge is 2.46. The summed E-state index contributed by atoms with van der Waals surface area (Å²) in [6, 6.07) is 3.45. The van der Waals surface area contributed by atoms with Gasteiger partial charge in [0.05, 0.1) is 11.1 Å². The van der Waals surface area contributed by atoms with Crippen LogP contribution in [0.15, 0.2) is 18.2 Å². The Bertz CT molecular complexity index is 980. The van der Waals surface area contributed by atoms with Crippen molar-refractivity contribution >= 4 is 29.5 Å². The average Bonchev–Trinajstić information content (AvgIpc) is 3.02. The van der Waals surface area contributed by atoms with Gasteiger partial charge < -0.3 is 10.1 Å². The fourth-order valence-electron chi connectivity index (χ4n) is 3.73. The molecule has 9 heteroatoms. The quantitative estimate of drug-likeness (QED) is 0.321. The molecule has 1 saturated heterocycles. The van der Waals surface area contributed by atoms with Crippen molar-refractivity contribution in [3.8, 4) is 18.1 Å². The number of piperidine rings is 1. The molecule has 2 aliphatic rings. The van der Waals surface area contributed by atoms with Crippen LogP contribution in [-0.2, 0) is 14.4 Å². The second-order valence-electron chi connectivity index (χ2n) is 7.63. The molecule has 0 spiro atoms. The Balaban J connectivity index is 1.57. The van der Waals surface area contributed by atoms with Crippen molar-refractivity contribution < 1.29 is 28.7 Å². The molecule has 0 bridgehead atoms. The second kappa shape index (κ2) is 10.6. The molecule has 0 aliphatic carbocycles. The third kappa shape index (κ3) is 5.14. The van der Waals surface area contributed by atoms with E-state index in [0.717, 1.165) is 37.0 Å². The van der Waals surface area contributed by atoms with E-state index in [9.17, 15) is 24.0 Å². The first-order valence-corrected chi connectivity index (χ1v) is 10.6. The number of fused-ring (bicyclic) bond motifs is 1. The largest absolute Gasteiger partial charge is 0.483 e. The minimum absolute atomic E-state index is 0.0171. The van der Waals surface area contributed by atoms with Crippen molar-refractivity contribution in [1.82, 2.24) is 15.5 Å². The normalized spacial score (nSPS) is 17.6. The molecule has 2 aliphatic heterocycles. The molecule has 3 rings (SSSR count). The van der Waals surface area contributed by atoms with Crippen molar-refractivity contribution in [2.75, 3.05) is 13.2 Å². The number of terminal acetylenes is 1. The minimum Gasteiger partial charge on any atom is -0.483 e. The molecule has 1 unspecified atom stereocenters. The van der Waals surface area contributed by atoms with E-state index < -0.39 is 29.7 Å². The highest BCUT2D eigenvalue weighted by Crippen LogP contribution is 2.33. The molecule has 1 fully saturated rings. The maximum Gasteiger partial charge on any atom is 0.266 e.